The summed E-state index contributed by atoms with van der Waals surface area (Å²) in [5.74, 6) is -0.134. The number of carbonyl (C=O) groups is 1. The summed E-state index contributed by atoms with van der Waals surface area (Å²) in [6.07, 6.45) is 0. The molecule has 1 atom stereocenters. The van der Waals surface area contributed by atoms with E-state index in [1.54, 1.807) is 23.7 Å². The van der Waals surface area contributed by atoms with Gasteiger partial charge in [-0.05, 0) is 42.8 Å². The van der Waals surface area contributed by atoms with Gasteiger partial charge in [0.05, 0.1) is 33.4 Å². The fourth-order valence-corrected chi connectivity index (χ4v) is 2.95. The highest BCUT2D eigenvalue weighted by Gasteiger charge is 2.12. The molecule has 3 aromatic rings. The average molecular weight is 307 g/mol. The Hall–Kier alpha value is -2.71. The van der Waals surface area contributed by atoms with E-state index in [9.17, 15) is 4.79 Å². The first-order valence-electron chi connectivity index (χ1n) is 6.81. The number of thiazole rings is 1. The summed E-state index contributed by atoms with van der Waals surface area (Å²) in [6, 6.07) is 14.7. The fraction of sp³-hybridized carbons (Fsp3) is 0.118. The quantitative estimate of drug-likeness (QED) is 0.803. The highest BCUT2D eigenvalue weighted by Crippen LogP contribution is 2.20. The maximum Gasteiger partial charge on any atom is 0.251 e. The monoisotopic (exact) mass is 307 g/mol. The van der Waals surface area contributed by atoms with Crippen LogP contribution in [0.2, 0.25) is 0 Å². The summed E-state index contributed by atoms with van der Waals surface area (Å²) >= 11 is 1.51. The average Bonchev–Trinajstić information content (AvgIpc) is 3.02. The van der Waals surface area contributed by atoms with E-state index in [4.69, 9.17) is 5.26 Å². The molecule has 1 unspecified atom stereocenters. The molecule has 22 heavy (non-hydrogen) atoms. The van der Waals surface area contributed by atoms with Crippen molar-refractivity contribution in [3.63, 3.8) is 0 Å². The number of carbonyl (C=O) groups excluding carboxylic acids is 1. The molecule has 0 spiro atoms. The van der Waals surface area contributed by atoms with Crippen LogP contribution in [0, 0.1) is 11.3 Å². The van der Waals surface area contributed by atoms with Gasteiger partial charge in [-0.3, -0.25) is 4.79 Å². The normalized spacial score (nSPS) is 11.8. The molecule has 0 aliphatic carbocycles. The van der Waals surface area contributed by atoms with Gasteiger partial charge in [-0.1, -0.05) is 12.1 Å². The maximum absolute atomic E-state index is 12.4. The first-order chi connectivity index (χ1) is 10.7. The molecule has 0 fully saturated rings. The van der Waals surface area contributed by atoms with Crippen molar-refractivity contribution in [2.45, 2.75) is 13.0 Å². The molecule has 3 rings (SSSR count). The van der Waals surface area contributed by atoms with E-state index in [1.807, 2.05) is 31.2 Å². The molecule has 0 saturated heterocycles. The molecule has 0 aliphatic rings. The summed E-state index contributed by atoms with van der Waals surface area (Å²) in [5.41, 5.74) is 4.77. The van der Waals surface area contributed by atoms with Gasteiger partial charge in [0, 0.05) is 5.56 Å². The molecule has 0 bridgehead atoms. The second-order valence-corrected chi connectivity index (χ2v) is 5.85. The van der Waals surface area contributed by atoms with E-state index < -0.39 is 0 Å². The van der Waals surface area contributed by atoms with Crippen molar-refractivity contribution in [2.24, 2.45) is 0 Å². The SMILES string of the molecule is CC(NC(=O)c1ccc2ncsc2c1)c1cccc(C#N)c1. The Labute approximate surface area is 132 Å². The van der Waals surface area contributed by atoms with E-state index in [0.29, 0.717) is 11.1 Å². The maximum atomic E-state index is 12.4. The number of aromatic nitrogens is 1. The number of rotatable bonds is 3. The van der Waals surface area contributed by atoms with Crippen LogP contribution in [0.3, 0.4) is 0 Å². The summed E-state index contributed by atoms with van der Waals surface area (Å²) < 4.78 is 0.992. The molecule has 1 aromatic heterocycles. The third-order valence-corrected chi connectivity index (χ3v) is 4.25. The smallest absolute Gasteiger partial charge is 0.251 e. The second-order valence-electron chi connectivity index (χ2n) is 4.97. The van der Waals surface area contributed by atoms with Crippen LogP contribution in [0.4, 0.5) is 0 Å². The van der Waals surface area contributed by atoms with E-state index in [-0.39, 0.29) is 11.9 Å². The van der Waals surface area contributed by atoms with Crippen LogP contribution in [0.1, 0.15) is 34.5 Å². The second kappa shape index (κ2) is 5.96. The van der Waals surface area contributed by atoms with Gasteiger partial charge in [-0.2, -0.15) is 5.26 Å². The number of nitrogens with zero attached hydrogens (tertiary/aromatic N) is 2. The van der Waals surface area contributed by atoms with Crippen molar-refractivity contribution in [3.8, 4) is 6.07 Å². The number of nitrogens with one attached hydrogen (secondary N) is 1. The Kier molecular flexibility index (Phi) is 3.86. The highest BCUT2D eigenvalue weighted by atomic mass is 32.1. The van der Waals surface area contributed by atoms with Gasteiger partial charge in [-0.25, -0.2) is 4.98 Å². The Morgan fingerprint density at radius 3 is 3.00 bits per heavy atom. The van der Waals surface area contributed by atoms with E-state index in [1.165, 1.54) is 11.3 Å². The molecule has 0 saturated carbocycles. The minimum atomic E-state index is -0.169. The largest absolute Gasteiger partial charge is 0.346 e. The van der Waals surface area contributed by atoms with Gasteiger partial charge < -0.3 is 5.32 Å². The van der Waals surface area contributed by atoms with Crippen LogP contribution >= 0.6 is 11.3 Å². The Morgan fingerprint density at radius 2 is 2.18 bits per heavy atom. The fourth-order valence-electron chi connectivity index (χ4n) is 2.24. The van der Waals surface area contributed by atoms with Gasteiger partial charge >= 0.3 is 0 Å². The third-order valence-electron chi connectivity index (χ3n) is 3.46. The van der Waals surface area contributed by atoms with E-state index in [2.05, 4.69) is 16.4 Å². The summed E-state index contributed by atoms with van der Waals surface area (Å²) in [5, 5.41) is 11.9. The minimum Gasteiger partial charge on any atom is -0.346 e. The third kappa shape index (κ3) is 2.83. The molecule has 0 radical (unpaired) electrons. The van der Waals surface area contributed by atoms with Crippen LogP contribution in [0.5, 0.6) is 0 Å². The van der Waals surface area contributed by atoms with Gasteiger partial charge in [0.2, 0.25) is 0 Å². The zero-order valence-electron chi connectivity index (χ0n) is 11.9. The van der Waals surface area contributed by atoms with Crippen LogP contribution in [0.25, 0.3) is 10.2 Å². The van der Waals surface area contributed by atoms with Crippen molar-refractivity contribution >= 4 is 27.5 Å². The lowest BCUT2D eigenvalue weighted by molar-refractivity contribution is 0.0940. The summed E-state index contributed by atoms with van der Waals surface area (Å²) in [4.78, 5) is 16.6. The lowest BCUT2D eigenvalue weighted by atomic mass is 10.1. The van der Waals surface area contributed by atoms with E-state index in [0.717, 1.165) is 15.8 Å². The molecule has 108 valence electrons. The molecule has 1 N–H and O–H groups in total. The van der Waals surface area contributed by atoms with Crippen molar-refractivity contribution < 1.29 is 4.79 Å². The Balaban J connectivity index is 1.79. The molecule has 2 aromatic carbocycles. The zero-order valence-corrected chi connectivity index (χ0v) is 12.7. The Bertz CT molecular complexity index is 879. The number of nitriles is 1. The number of hydrogen-bond acceptors (Lipinski definition) is 4. The standard InChI is InChI=1S/C17H13N3OS/c1-11(13-4-2-3-12(7-13)9-18)20-17(21)14-5-6-15-16(8-14)22-10-19-15/h2-8,10-11H,1H3,(H,20,21). The van der Waals surface area contributed by atoms with Crippen LogP contribution in [-0.4, -0.2) is 10.9 Å². The highest BCUT2D eigenvalue weighted by molar-refractivity contribution is 7.16. The summed E-state index contributed by atoms with van der Waals surface area (Å²) in [6.45, 7) is 1.90. The molecule has 0 aliphatic heterocycles. The molecular formula is C17H13N3OS. The minimum absolute atomic E-state index is 0.134. The first-order valence-corrected chi connectivity index (χ1v) is 7.69. The molecule has 1 amide bonds. The van der Waals surface area contributed by atoms with Crippen molar-refractivity contribution in [2.75, 3.05) is 0 Å². The number of hydrogen-bond donors (Lipinski definition) is 1. The lowest BCUT2D eigenvalue weighted by Crippen LogP contribution is -2.26. The first kappa shape index (κ1) is 14.2. The number of fused-ring (bicyclic) bond motifs is 1. The Morgan fingerprint density at radius 1 is 1.32 bits per heavy atom. The molecule has 1 heterocycles. The topological polar surface area (TPSA) is 65.8 Å². The van der Waals surface area contributed by atoms with Crippen LogP contribution in [-0.2, 0) is 0 Å². The van der Waals surface area contributed by atoms with Crippen LogP contribution < -0.4 is 5.32 Å². The molecule has 5 heteroatoms. The van der Waals surface area contributed by atoms with Gasteiger partial charge in [0.15, 0.2) is 0 Å². The van der Waals surface area contributed by atoms with E-state index >= 15 is 0 Å². The number of amides is 1. The van der Waals surface area contributed by atoms with Gasteiger partial charge in [0.1, 0.15) is 0 Å². The lowest BCUT2D eigenvalue weighted by Gasteiger charge is -2.14. The van der Waals surface area contributed by atoms with Crippen molar-refractivity contribution in [3.05, 3.63) is 64.7 Å². The molecule has 4 nitrogen and oxygen atoms in total. The number of benzene rings is 2. The predicted octanol–water partition coefficient (Wildman–Crippen LogP) is 3.66. The van der Waals surface area contributed by atoms with Crippen molar-refractivity contribution in [1.82, 2.24) is 10.3 Å². The van der Waals surface area contributed by atoms with Crippen LogP contribution in [0.15, 0.2) is 48.0 Å². The predicted molar refractivity (Wildman–Crippen MR) is 86.7 cm³/mol. The van der Waals surface area contributed by atoms with Gasteiger partial charge in [-0.15, -0.1) is 11.3 Å². The molecular weight excluding hydrogens is 294 g/mol. The van der Waals surface area contributed by atoms with Crippen molar-refractivity contribution in [1.29, 1.82) is 5.26 Å². The van der Waals surface area contributed by atoms with Gasteiger partial charge in [0.25, 0.3) is 5.91 Å². The zero-order chi connectivity index (χ0) is 15.5. The summed E-state index contributed by atoms with van der Waals surface area (Å²) in [7, 11) is 0.